The van der Waals surface area contributed by atoms with E-state index in [1.165, 1.54) is 66.8 Å². The van der Waals surface area contributed by atoms with Gasteiger partial charge in [-0.1, -0.05) is 226 Å². The van der Waals surface area contributed by atoms with Gasteiger partial charge in [0.15, 0.2) is 0 Å². The highest BCUT2D eigenvalue weighted by Gasteiger charge is 2.42. The smallest absolute Gasteiger partial charge is 0.143 e. The third-order valence-corrected chi connectivity index (χ3v) is 15.0. The molecule has 72 heavy (non-hydrogen) atoms. The number of halogens is 1. The molecule has 1 aliphatic rings. The van der Waals surface area contributed by atoms with Crippen molar-refractivity contribution in [3.05, 3.63) is 271 Å². The van der Waals surface area contributed by atoms with E-state index in [0.29, 0.717) is 5.02 Å². The van der Waals surface area contributed by atoms with Crippen LogP contribution >= 0.6 is 11.6 Å². The molecule has 342 valence electrons. The molecule has 12 aromatic rings. The number of hydrogen-bond acceptors (Lipinski definition) is 2. The van der Waals surface area contributed by atoms with Crippen LogP contribution in [-0.2, 0) is 5.41 Å². The molecule has 0 atom stereocenters. The lowest BCUT2D eigenvalue weighted by molar-refractivity contribution is 0.662. The fraction of sp³-hybridized carbons (Fsp3) is 0.0435. The number of rotatable bonds is 9. The topological polar surface area (TPSA) is 16.4 Å². The summed E-state index contributed by atoms with van der Waals surface area (Å²) in [7, 11) is 0. The lowest BCUT2D eigenvalue weighted by Crippen LogP contribution is -2.17. The van der Waals surface area contributed by atoms with Gasteiger partial charge in [0.1, 0.15) is 11.2 Å². The fourth-order valence-electron chi connectivity index (χ4n) is 11.4. The molecule has 0 saturated carbocycles. The van der Waals surface area contributed by atoms with E-state index in [9.17, 15) is 0 Å². The first kappa shape index (κ1) is 43.3. The number of anilines is 3. The molecule has 1 aromatic heterocycles. The Morgan fingerprint density at radius 2 is 0.750 bits per heavy atom. The standard InChI is InChI=1S/C69H48ClNO/c1-69(2)60-27-14-12-24-59(60)66-64(48-19-8-4-9-20-48)62(50-29-37-52(70)38-30-50)63(65(67(66)69)49-21-10-5-11-22-49)51-35-43-55(44-36-51)71(53-39-31-46(32-40-53)45-17-6-3-7-18-45)54-41-33-47(34-42-54)56-25-16-26-58-57-23-13-15-28-61(57)72-68(56)58/h3-44H,1-2H3. The number of para-hydroxylation sites is 2. The minimum Gasteiger partial charge on any atom is -0.455 e. The molecule has 0 amide bonds. The van der Waals surface area contributed by atoms with E-state index in [0.717, 1.165) is 61.3 Å². The molecule has 13 rings (SSSR count). The van der Waals surface area contributed by atoms with Crippen molar-refractivity contribution in [1.29, 1.82) is 0 Å². The van der Waals surface area contributed by atoms with E-state index in [1.54, 1.807) is 0 Å². The number of fused-ring (bicyclic) bond motifs is 6. The Kier molecular flexibility index (Phi) is 10.6. The molecular weight excluding hydrogens is 894 g/mol. The second kappa shape index (κ2) is 17.6. The maximum atomic E-state index is 6.70. The normalized spacial score (nSPS) is 12.5. The van der Waals surface area contributed by atoms with Crippen LogP contribution in [0.1, 0.15) is 25.0 Å². The van der Waals surface area contributed by atoms with Gasteiger partial charge in [0.2, 0.25) is 0 Å². The van der Waals surface area contributed by atoms with E-state index < -0.39 is 0 Å². The molecule has 0 radical (unpaired) electrons. The summed E-state index contributed by atoms with van der Waals surface area (Å²) in [4.78, 5) is 2.36. The van der Waals surface area contributed by atoms with Gasteiger partial charge in [-0.15, -0.1) is 0 Å². The lowest BCUT2D eigenvalue weighted by atomic mass is 9.72. The van der Waals surface area contributed by atoms with Crippen molar-refractivity contribution in [2.75, 3.05) is 4.90 Å². The summed E-state index contributed by atoms with van der Waals surface area (Å²) in [5, 5.41) is 2.95. The highest BCUT2D eigenvalue weighted by atomic mass is 35.5. The quantitative estimate of drug-likeness (QED) is 0.143. The number of benzene rings is 11. The van der Waals surface area contributed by atoms with Crippen LogP contribution in [0, 0.1) is 0 Å². The van der Waals surface area contributed by atoms with Gasteiger partial charge in [-0.2, -0.15) is 0 Å². The van der Waals surface area contributed by atoms with Gasteiger partial charge in [-0.05, 0) is 138 Å². The van der Waals surface area contributed by atoms with Gasteiger partial charge in [-0.25, -0.2) is 0 Å². The Hall–Kier alpha value is -8.69. The van der Waals surface area contributed by atoms with Crippen molar-refractivity contribution < 1.29 is 4.42 Å². The molecule has 2 nitrogen and oxygen atoms in total. The van der Waals surface area contributed by atoms with Gasteiger partial charge in [0, 0.05) is 43.8 Å². The lowest BCUT2D eigenvalue weighted by Gasteiger charge is -2.31. The van der Waals surface area contributed by atoms with Crippen LogP contribution in [0.25, 0.3) is 99.8 Å². The van der Waals surface area contributed by atoms with E-state index in [4.69, 9.17) is 16.0 Å². The highest BCUT2D eigenvalue weighted by molar-refractivity contribution is 6.30. The van der Waals surface area contributed by atoms with E-state index in [1.807, 2.05) is 24.3 Å². The minimum atomic E-state index is -0.307. The van der Waals surface area contributed by atoms with Crippen molar-refractivity contribution in [3.8, 4) is 77.9 Å². The first-order valence-electron chi connectivity index (χ1n) is 24.7. The van der Waals surface area contributed by atoms with Crippen LogP contribution in [0.4, 0.5) is 17.1 Å². The molecule has 0 bridgehead atoms. The molecule has 3 heteroatoms. The largest absolute Gasteiger partial charge is 0.455 e. The van der Waals surface area contributed by atoms with Crippen molar-refractivity contribution in [2.45, 2.75) is 19.3 Å². The Bertz CT molecular complexity index is 3950. The minimum absolute atomic E-state index is 0.307. The van der Waals surface area contributed by atoms with Crippen molar-refractivity contribution >= 4 is 50.6 Å². The molecule has 0 spiro atoms. The van der Waals surface area contributed by atoms with Crippen molar-refractivity contribution in [3.63, 3.8) is 0 Å². The predicted octanol–water partition coefficient (Wildman–Crippen LogP) is 20.0. The summed E-state index contributed by atoms with van der Waals surface area (Å²) in [6.07, 6.45) is 0. The number of nitrogens with zero attached hydrogens (tertiary/aromatic N) is 1. The van der Waals surface area contributed by atoms with Crippen molar-refractivity contribution in [2.24, 2.45) is 0 Å². The molecule has 0 unspecified atom stereocenters. The van der Waals surface area contributed by atoms with E-state index in [2.05, 4.69) is 249 Å². The second-order valence-corrected chi connectivity index (χ2v) is 19.7. The summed E-state index contributed by atoms with van der Waals surface area (Å²) in [5.41, 5.74) is 23.8. The Balaban J connectivity index is 1.02. The molecule has 1 aliphatic carbocycles. The van der Waals surface area contributed by atoms with Crippen LogP contribution < -0.4 is 4.90 Å². The van der Waals surface area contributed by atoms with Gasteiger partial charge >= 0.3 is 0 Å². The summed E-state index contributed by atoms with van der Waals surface area (Å²) in [6.45, 7) is 4.80. The van der Waals surface area contributed by atoms with Crippen LogP contribution in [0.3, 0.4) is 0 Å². The van der Waals surface area contributed by atoms with Crippen molar-refractivity contribution in [1.82, 2.24) is 0 Å². The number of furan rings is 1. The molecule has 0 saturated heterocycles. The van der Waals surface area contributed by atoms with Crippen LogP contribution in [0.2, 0.25) is 5.02 Å². The van der Waals surface area contributed by atoms with E-state index >= 15 is 0 Å². The summed E-state index contributed by atoms with van der Waals surface area (Å²) in [5.74, 6) is 0. The number of hydrogen-bond donors (Lipinski definition) is 0. The second-order valence-electron chi connectivity index (χ2n) is 19.3. The van der Waals surface area contributed by atoms with Crippen LogP contribution in [-0.4, -0.2) is 0 Å². The monoisotopic (exact) mass is 941 g/mol. The van der Waals surface area contributed by atoms with Crippen LogP contribution in [0.5, 0.6) is 0 Å². The maximum Gasteiger partial charge on any atom is 0.143 e. The Morgan fingerprint density at radius 1 is 0.333 bits per heavy atom. The molecule has 11 aromatic carbocycles. The van der Waals surface area contributed by atoms with Gasteiger partial charge in [0.05, 0.1) is 0 Å². The molecule has 0 fully saturated rings. The fourth-order valence-corrected chi connectivity index (χ4v) is 11.6. The Morgan fingerprint density at radius 3 is 1.38 bits per heavy atom. The zero-order valence-corrected chi connectivity index (χ0v) is 40.7. The third-order valence-electron chi connectivity index (χ3n) is 14.7. The van der Waals surface area contributed by atoms with Crippen LogP contribution in [0.15, 0.2) is 259 Å². The summed E-state index contributed by atoms with van der Waals surface area (Å²) in [6, 6.07) is 91.7. The molecular formula is C69H48ClNO. The zero-order valence-electron chi connectivity index (χ0n) is 40.0. The highest BCUT2D eigenvalue weighted by Crippen LogP contribution is 2.61. The molecule has 0 N–H and O–H groups in total. The zero-order chi connectivity index (χ0) is 48.3. The van der Waals surface area contributed by atoms with Gasteiger partial charge in [-0.3, -0.25) is 0 Å². The molecule has 1 heterocycles. The predicted molar refractivity (Wildman–Crippen MR) is 304 cm³/mol. The summed E-state index contributed by atoms with van der Waals surface area (Å²) < 4.78 is 6.50. The molecule has 0 aliphatic heterocycles. The maximum absolute atomic E-state index is 6.70. The summed E-state index contributed by atoms with van der Waals surface area (Å²) >= 11 is 6.70. The Labute approximate surface area is 425 Å². The van der Waals surface area contributed by atoms with E-state index in [-0.39, 0.29) is 5.41 Å². The average Bonchev–Trinajstić information content (AvgIpc) is 3.94. The SMILES string of the molecule is CC1(C)c2ccccc2-c2c(-c3ccccc3)c(-c3ccc(Cl)cc3)c(-c3ccc(N(c4ccc(-c5ccccc5)cc4)c4ccc(-c5cccc6c5oc5ccccc56)cc4)cc3)c(-c3ccccc3)c21. The first-order valence-corrected chi connectivity index (χ1v) is 25.1. The third kappa shape index (κ3) is 7.26. The van der Waals surface area contributed by atoms with Gasteiger partial charge in [0.25, 0.3) is 0 Å². The first-order chi connectivity index (χ1) is 35.4. The average molecular weight is 943 g/mol. The van der Waals surface area contributed by atoms with Gasteiger partial charge < -0.3 is 9.32 Å².